The Balaban J connectivity index is 2.43. The van der Waals surface area contributed by atoms with Crippen molar-refractivity contribution in [3.63, 3.8) is 0 Å². The molecule has 0 aromatic heterocycles. The van der Waals surface area contributed by atoms with Crippen LogP contribution in [-0.4, -0.2) is 11.8 Å². The van der Waals surface area contributed by atoms with Crippen molar-refractivity contribution in [3.05, 3.63) is 0 Å². The lowest BCUT2D eigenvalue weighted by molar-refractivity contribution is -0.154. The van der Waals surface area contributed by atoms with E-state index in [1.54, 1.807) is 0 Å². The molecule has 19 heavy (non-hydrogen) atoms. The van der Waals surface area contributed by atoms with Crippen LogP contribution in [0.5, 0.6) is 0 Å². The van der Waals surface area contributed by atoms with E-state index in [1.807, 2.05) is 0 Å². The molecular formula is C15H26N2O2. The minimum Gasteiger partial charge on any atom is -0.369 e. The van der Waals surface area contributed by atoms with Crippen molar-refractivity contribution in [2.45, 2.75) is 70.6 Å². The zero-order chi connectivity index (χ0) is 13.9. The normalized spacial score (nSPS) is 26.3. The Labute approximate surface area is 115 Å². The first-order chi connectivity index (χ1) is 9.05. The quantitative estimate of drug-likeness (QED) is 0.767. The van der Waals surface area contributed by atoms with Crippen molar-refractivity contribution < 1.29 is 9.59 Å². The van der Waals surface area contributed by atoms with Crippen molar-refractivity contribution in [3.8, 4) is 0 Å². The van der Waals surface area contributed by atoms with Crippen LogP contribution in [0.1, 0.15) is 70.6 Å². The molecule has 0 saturated heterocycles. The number of nitrogens with two attached hydrogens (primary N) is 2. The van der Waals surface area contributed by atoms with Gasteiger partial charge in [-0.1, -0.05) is 44.9 Å². The Hall–Kier alpha value is -1.06. The van der Waals surface area contributed by atoms with Gasteiger partial charge >= 0.3 is 0 Å². The summed E-state index contributed by atoms with van der Waals surface area (Å²) in [4.78, 5) is 24.5. The van der Waals surface area contributed by atoms with Gasteiger partial charge in [0.15, 0.2) is 0 Å². The summed E-state index contributed by atoms with van der Waals surface area (Å²) in [6.07, 6.45) is 10.3. The summed E-state index contributed by atoms with van der Waals surface area (Å²) in [5.74, 6) is -0.594. The minimum atomic E-state index is -0.685. The lowest BCUT2D eigenvalue weighted by atomic mass is 9.53. The predicted molar refractivity (Wildman–Crippen MR) is 74.0 cm³/mol. The molecule has 108 valence electrons. The summed E-state index contributed by atoms with van der Waals surface area (Å²) in [6, 6.07) is 0. The largest absolute Gasteiger partial charge is 0.369 e. The molecule has 4 nitrogen and oxygen atoms in total. The highest BCUT2D eigenvalue weighted by Crippen LogP contribution is 2.55. The van der Waals surface area contributed by atoms with Crippen LogP contribution in [0.3, 0.4) is 0 Å². The van der Waals surface area contributed by atoms with E-state index in [0.717, 1.165) is 70.6 Å². The fourth-order valence-corrected chi connectivity index (χ4v) is 4.41. The second-order valence-corrected chi connectivity index (χ2v) is 6.37. The summed E-state index contributed by atoms with van der Waals surface area (Å²) in [6.45, 7) is 0. The Kier molecular flexibility index (Phi) is 4.16. The number of rotatable bonds is 3. The SMILES string of the molecule is NC(=O)C1(C2(C(N)=O)CCCCC2)CCCCCC1. The zero-order valence-corrected chi connectivity index (χ0v) is 11.7. The second-order valence-electron chi connectivity index (χ2n) is 6.37. The van der Waals surface area contributed by atoms with E-state index >= 15 is 0 Å². The molecule has 2 amide bonds. The zero-order valence-electron chi connectivity index (χ0n) is 11.7. The molecule has 4 N–H and O–H groups in total. The molecule has 0 bridgehead atoms. The predicted octanol–water partition coefficient (Wildman–Crippen LogP) is 2.25. The smallest absolute Gasteiger partial charge is 0.224 e. The topological polar surface area (TPSA) is 86.2 Å². The van der Waals surface area contributed by atoms with Gasteiger partial charge in [0.2, 0.25) is 11.8 Å². The van der Waals surface area contributed by atoms with Gasteiger partial charge in [0.05, 0.1) is 10.8 Å². The summed E-state index contributed by atoms with van der Waals surface area (Å²) in [7, 11) is 0. The molecule has 2 saturated carbocycles. The highest BCUT2D eigenvalue weighted by atomic mass is 16.2. The van der Waals surface area contributed by atoms with Crippen molar-refractivity contribution >= 4 is 11.8 Å². The Morgan fingerprint density at radius 1 is 0.579 bits per heavy atom. The van der Waals surface area contributed by atoms with Crippen molar-refractivity contribution in [1.29, 1.82) is 0 Å². The van der Waals surface area contributed by atoms with E-state index in [4.69, 9.17) is 11.5 Å². The standard InChI is InChI=1S/C15H26N2O2/c16-12(18)14(8-4-1-2-5-9-14)15(13(17)19)10-6-3-7-11-15/h1-11H2,(H2,16,18)(H2,17,19). The molecule has 0 heterocycles. The van der Waals surface area contributed by atoms with Crippen LogP contribution >= 0.6 is 0 Å². The van der Waals surface area contributed by atoms with E-state index in [1.165, 1.54) is 0 Å². The van der Waals surface area contributed by atoms with Crippen LogP contribution in [0, 0.1) is 10.8 Å². The second kappa shape index (κ2) is 5.51. The third-order valence-electron chi connectivity index (χ3n) is 5.52. The van der Waals surface area contributed by atoms with Gasteiger partial charge in [0.25, 0.3) is 0 Å². The molecule has 0 radical (unpaired) electrons. The van der Waals surface area contributed by atoms with Crippen LogP contribution < -0.4 is 11.5 Å². The maximum absolute atomic E-state index is 12.3. The number of primary amides is 2. The Morgan fingerprint density at radius 3 is 1.11 bits per heavy atom. The monoisotopic (exact) mass is 266 g/mol. The lowest BCUT2D eigenvalue weighted by Crippen LogP contribution is -2.57. The molecule has 4 heteroatoms. The lowest BCUT2D eigenvalue weighted by Gasteiger charge is -2.48. The van der Waals surface area contributed by atoms with E-state index in [2.05, 4.69) is 0 Å². The van der Waals surface area contributed by atoms with Gasteiger partial charge in [-0.15, -0.1) is 0 Å². The molecule has 0 spiro atoms. The maximum Gasteiger partial charge on any atom is 0.224 e. The van der Waals surface area contributed by atoms with Gasteiger partial charge in [-0.2, -0.15) is 0 Å². The third-order valence-corrected chi connectivity index (χ3v) is 5.52. The fraction of sp³-hybridized carbons (Fsp3) is 0.867. The van der Waals surface area contributed by atoms with Crippen molar-refractivity contribution in [2.24, 2.45) is 22.3 Å². The van der Waals surface area contributed by atoms with Crippen LogP contribution in [0.4, 0.5) is 0 Å². The van der Waals surface area contributed by atoms with Gasteiger partial charge in [-0.25, -0.2) is 0 Å². The van der Waals surface area contributed by atoms with Crippen LogP contribution in [0.25, 0.3) is 0 Å². The molecular weight excluding hydrogens is 240 g/mol. The molecule has 2 aliphatic carbocycles. The first-order valence-corrected chi connectivity index (χ1v) is 7.65. The summed E-state index contributed by atoms with van der Waals surface area (Å²) in [5.41, 5.74) is 10.2. The number of carbonyl (C=O) groups is 2. The van der Waals surface area contributed by atoms with Crippen molar-refractivity contribution in [2.75, 3.05) is 0 Å². The van der Waals surface area contributed by atoms with Gasteiger partial charge in [-0.05, 0) is 25.7 Å². The summed E-state index contributed by atoms with van der Waals surface area (Å²) >= 11 is 0. The van der Waals surface area contributed by atoms with Gasteiger partial charge < -0.3 is 11.5 Å². The average molecular weight is 266 g/mol. The molecule has 0 aliphatic heterocycles. The fourth-order valence-electron chi connectivity index (χ4n) is 4.41. The molecule has 0 aromatic carbocycles. The Bertz CT molecular complexity index is 351. The van der Waals surface area contributed by atoms with E-state index in [0.29, 0.717) is 0 Å². The highest BCUT2D eigenvalue weighted by Gasteiger charge is 2.58. The van der Waals surface area contributed by atoms with Crippen LogP contribution in [0.15, 0.2) is 0 Å². The van der Waals surface area contributed by atoms with Crippen LogP contribution in [-0.2, 0) is 9.59 Å². The van der Waals surface area contributed by atoms with Gasteiger partial charge in [0.1, 0.15) is 0 Å². The van der Waals surface area contributed by atoms with Gasteiger partial charge in [0, 0.05) is 0 Å². The minimum absolute atomic E-state index is 0.296. The average Bonchev–Trinajstić information content (AvgIpc) is 2.66. The van der Waals surface area contributed by atoms with Crippen LogP contribution in [0.2, 0.25) is 0 Å². The molecule has 2 fully saturated rings. The number of hydrogen-bond acceptors (Lipinski definition) is 2. The molecule has 0 aromatic rings. The van der Waals surface area contributed by atoms with E-state index < -0.39 is 10.8 Å². The molecule has 0 unspecified atom stereocenters. The third kappa shape index (κ3) is 2.26. The molecule has 2 rings (SSSR count). The Morgan fingerprint density at radius 2 is 0.842 bits per heavy atom. The summed E-state index contributed by atoms with van der Waals surface area (Å²) in [5, 5.41) is 0. The van der Waals surface area contributed by atoms with Crippen molar-refractivity contribution in [1.82, 2.24) is 0 Å². The highest BCUT2D eigenvalue weighted by molar-refractivity contribution is 5.92. The molecule has 0 atom stereocenters. The number of carbonyl (C=O) groups excluding carboxylic acids is 2. The first-order valence-electron chi connectivity index (χ1n) is 7.65. The maximum atomic E-state index is 12.3. The van der Waals surface area contributed by atoms with Gasteiger partial charge in [-0.3, -0.25) is 9.59 Å². The van der Waals surface area contributed by atoms with E-state index in [-0.39, 0.29) is 11.8 Å². The number of hydrogen-bond donors (Lipinski definition) is 2. The van der Waals surface area contributed by atoms with E-state index in [9.17, 15) is 9.59 Å². The first kappa shape index (κ1) is 14.4. The summed E-state index contributed by atoms with van der Waals surface area (Å²) < 4.78 is 0. The number of amides is 2. The molecule has 2 aliphatic rings.